The summed E-state index contributed by atoms with van der Waals surface area (Å²) in [7, 11) is 1.53. The summed E-state index contributed by atoms with van der Waals surface area (Å²) in [5, 5.41) is 0. The topological polar surface area (TPSA) is 36.3 Å². The minimum absolute atomic E-state index is 0.0589. The quantitative estimate of drug-likeness (QED) is 0.810. The molecule has 0 aliphatic rings. The number of halogens is 2. The highest BCUT2D eigenvalue weighted by atomic mass is 19.3. The van der Waals surface area contributed by atoms with Crippen LogP contribution in [0.15, 0.2) is 36.7 Å². The summed E-state index contributed by atoms with van der Waals surface area (Å²) in [6.45, 7) is -0.775. The summed E-state index contributed by atoms with van der Waals surface area (Å²) in [4.78, 5) is 3.86. The van der Waals surface area contributed by atoms with E-state index in [2.05, 4.69) is 4.98 Å². The molecule has 1 heterocycles. The molecule has 0 aliphatic heterocycles. The molecule has 0 bridgehead atoms. The van der Waals surface area contributed by atoms with Crippen LogP contribution in [0.5, 0.6) is 11.5 Å². The lowest BCUT2D eigenvalue weighted by atomic mass is 10.2. The second kappa shape index (κ2) is 6.88. The fourth-order valence-corrected chi connectivity index (χ4v) is 1.88. The molecule has 4 nitrogen and oxygen atoms in total. The van der Waals surface area contributed by atoms with E-state index in [9.17, 15) is 8.78 Å². The summed E-state index contributed by atoms with van der Waals surface area (Å²) in [6, 6.07) is 5.41. The fraction of sp³-hybridized carbons (Fsp3) is 0.267. The summed E-state index contributed by atoms with van der Waals surface area (Å²) >= 11 is 0. The first kappa shape index (κ1) is 15.0. The van der Waals surface area contributed by atoms with Crippen molar-refractivity contribution in [3.63, 3.8) is 0 Å². The van der Waals surface area contributed by atoms with E-state index in [0.29, 0.717) is 11.5 Å². The molecule has 1 aromatic carbocycles. The first-order chi connectivity index (χ1) is 10.2. The van der Waals surface area contributed by atoms with Crippen LogP contribution in [-0.4, -0.2) is 16.7 Å². The maximum Gasteiger partial charge on any atom is 0.320 e. The average molecular weight is 294 g/mol. The molecule has 1 aromatic heterocycles. The Balaban J connectivity index is 2.14. The van der Waals surface area contributed by atoms with E-state index in [1.165, 1.54) is 19.5 Å². The van der Waals surface area contributed by atoms with Crippen LogP contribution in [0.25, 0.3) is 6.08 Å². The van der Waals surface area contributed by atoms with Crippen LogP contribution >= 0.6 is 0 Å². The number of nitrogens with zero attached hydrogens (tertiary/aromatic N) is 2. The average Bonchev–Trinajstić information content (AvgIpc) is 2.94. The van der Waals surface area contributed by atoms with Crippen molar-refractivity contribution in [2.45, 2.75) is 20.1 Å². The summed E-state index contributed by atoms with van der Waals surface area (Å²) in [5.74, 6) is 1.18. The lowest BCUT2D eigenvalue weighted by molar-refractivity contribution is 0.0631. The third-order valence-electron chi connectivity index (χ3n) is 2.86. The van der Waals surface area contributed by atoms with Crippen molar-refractivity contribution >= 4 is 6.08 Å². The second-order valence-electron chi connectivity index (χ2n) is 4.23. The number of methoxy groups -OCH3 is 1. The molecule has 0 spiro atoms. The van der Waals surface area contributed by atoms with Crippen molar-refractivity contribution in [3.8, 4) is 11.5 Å². The monoisotopic (exact) mass is 294 g/mol. The lowest BCUT2D eigenvalue weighted by Gasteiger charge is -2.12. The molecule has 2 rings (SSSR count). The van der Waals surface area contributed by atoms with E-state index < -0.39 is 6.55 Å². The molecular formula is C15H16F2N2O2. The number of benzene rings is 1. The second-order valence-corrected chi connectivity index (χ2v) is 4.23. The van der Waals surface area contributed by atoms with Crippen LogP contribution in [0.1, 0.15) is 24.9 Å². The van der Waals surface area contributed by atoms with E-state index in [-0.39, 0.29) is 12.4 Å². The Morgan fingerprint density at radius 2 is 2.14 bits per heavy atom. The molecule has 6 heteroatoms. The molecule has 2 aromatic rings. The molecule has 0 radical (unpaired) electrons. The Morgan fingerprint density at radius 1 is 1.33 bits per heavy atom. The number of imidazole rings is 1. The van der Waals surface area contributed by atoms with Gasteiger partial charge in [-0.05, 0) is 24.6 Å². The van der Waals surface area contributed by atoms with E-state index >= 15 is 0 Å². The van der Waals surface area contributed by atoms with Gasteiger partial charge in [-0.25, -0.2) is 4.98 Å². The van der Waals surface area contributed by atoms with Crippen LogP contribution < -0.4 is 9.47 Å². The van der Waals surface area contributed by atoms with E-state index in [1.807, 2.05) is 31.2 Å². The maximum absolute atomic E-state index is 12.7. The molecule has 0 saturated heterocycles. The van der Waals surface area contributed by atoms with Crippen molar-refractivity contribution in [2.24, 2.45) is 0 Å². The van der Waals surface area contributed by atoms with Gasteiger partial charge in [0.25, 0.3) is 0 Å². The van der Waals surface area contributed by atoms with Gasteiger partial charge in [0.1, 0.15) is 6.61 Å². The molecular weight excluding hydrogens is 278 g/mol. The van der Waals surface area contributed by atoms with Gasteiger partial charge in [0, 0.05) is 12.4 Å². The predicted octanol–water partition coefficient (Wildman–Crippen LogP) is 3.90. The first-order valence-electron chi connectivity index (χ1n) is 6.39. The molecule has 0 saturated carbocycles. The van der Waals surface area contributed by atoms with Crippen LogP contribution in [0, 0.1) is 0 Å². The summed E-state index contributed by atoms with van der Waals surface area (Å²) < 4.78 is 37.0. The van der Waals surface area contributed by atoms with E-state index in [4.69, 9.17) is 9.47 Å². The van der Waals surface area contributed by atoms with Crippen LogP contribution in [0.4, 0.5) is 8.78 Å². The molecule has 0 unspecified atom stereocenters. The van der Waals surface area contributed by atoms with Gasteiger partial charge in [0.15, 0.2) is 17.3 Å². The van der Waals surface area contributed by atoms with Gasteiger partial charge >= 0.3 is 6.55 Å². The van der Waals surface area contributed by atoms with Crippen molar-refractivity contribution in [2.75, 3.05) is 7.11 Å². The Hall–Kier alpha value is -2.37. The molecule has 0 aliphatic carbocycles. The molecule has 0 N–H and O–H groups in total. The predicted molar refractivity (Wildman–Crippen MR) is 75.5 cm³/mol. The van der Waals surface area contributed by atoms with Crippen molar-refractivity contribution < 1.29 is 18.3 Å². The number of ether oxygens (including phenoxy) is 2. The van der Waals surface area contributed by atoms with Gasteiger partial charge in [-0.2, -0.15) is 8.78 Å². The Labute approximate surface area is 121 Å². The lowest BCUT2D eigenvalue weighted by Crippen LogP contribution is -2.07. The number of alkyl halides is 2. The SMILES string of the molecule is C/C=C\c1ccc(OCc2nccn2C(F)F)c(OC)c1. The van der Waals surface area contributed by atoms with Crippen LogP contribution in [0.2, 0.25) is 0 Å². The van der Waals surface area contributed by atoms with E-state index in [0.717, 1.165) is 10.1 Å². The fourth-order valence-electron chi connectivity index (χ4n) is 1.88. The Morgan fingerprint density at radius 3 is 2.81 bits per heavy atom. The van der Waals surface area contributed by atoms with Gasteiger partial charge in [-0.15, -0.1) is 0 Å². The minimum atomic E-state index is -2.63. The van der Waals surface area contributed by atoms with Crippen LogP contribution in [-0.2, 0) is 6.61 Å². The summed E-state index contributed by atoms with van der Waals surface area (Å²) in [5.41, 5.74) is 0.968. The zero-order valence-electron chi connectivity index (χ0n) is 11.8. The largest absolute Gasteiger partial charge is 0.493 e. The normalized spacial score (nSPS) is 11.3. The first-order valence-corrected chi connectivity index (χ1v) is 6.39. The van der Waals surface area contributed by atoms with Crippen molar-refractivity contribution in [1.82, 2.24) is 9.55 Å². The van der Waals surface area contributed by atoms with Gasteiger partial charge in [0.2, 0.25) is 0 Å². The molecule has 112 valence electrons. The van der Waals surface area contributed by atoms with Gasteiger partial charge in [0.05, 0.1) is 7.11 Å². The highest BCUT2D eigenvalue weighted by Gasteiger charge is 2.13. The number of rotatable bonds is 6. The highest BCUT2D eigenvalue weighted by molar-refractivity contribution is 5.55. The highest BCUT2D eigenvalue weighted by Crippen LogP contribution is 2.29. The maximum atomic E-state index is 12.7. The third-order valence-corrected chi connectivity index (χ3v) is 2.86. The number of hydrogen-bond acceptors (Lipinski definition) is 3. The zero-order chi connectivity index (χ0) is 15.2. The van der Waals surface area contributed by atoms with Crippen molar-refractivity contribution in [1.29, 1.82) is 0 Å². The standard InChI is InChI=1S/C15H16F2N2O2/c1-3-4-11-5-6-12(13(9-11)20-2)21-10-14-18-7-8-19(14)15(16)17/h3-9,15H,10H2,1-2H3/b4-3-. The van der Waals surface area contributed by atoms with Crippen molar-refractivity contribution in [3.05, 3.63) is 48.1 Å². The van der Waals surface area contributed by atoms with Gasteiger partial charge in [-0.3, -0.25) is 4.57 Å². The Kier molecular flexibility index (Phi) is 4.92. The molecule has 0 fully saturated rings. The molecule has 0 atom stereocenters. The smallest absolute Gasteiger partial charge is 0.320 e. The number of allylic oxidation sites excluding steroid dienone is 1. The van der Waals surface area contributed by atoms with Crippen LogP contribution in [0.3, 0.4) is 0 Å². The zero-order valence-corrected chi connectivity index (χ0v) is 11.8. The number of aromatic nitrogens is 2. The van der Waals surface area contributed by atoms with Gasteiger partial charge < -0.3 is 9.47 Å². The minimum Gasteiger partial charge on any atom is -0.493 e. The van der Waals surface area contributed by atoms with Gasteiger partial charge in [-0.1, -0.05) is 18.2 Å². The third kappa shape index (κ3) is 3.59. The number of hydrogen-bond donors (Lipinski definition) is 0. The summed E-state index contributed by atoms with van der Waals surface area (Å²) in [6.07, 6.45) is 6.37. The Bertz CT molecular complexity index is 624. The molecule has 0 amide bonds. The molecule has 21 heavy (non-hydrogen) atoms. The van der Waals surface area contributed by atoms with E-state index in [1.54, 1.807) is 6.07 Å².